The van der Waals surface area contributed by atoms with Crippen molar-refractivity contribution in [1.29, 1.82) is 0 Å². The minimum atomic E-state index is 0.540. The van der Waals surface area contributed by atoms with Crippen molar-refractivity contribution in [2.24, 2.45) is 17.3 Å². The highest BCUT2D eigenvalue weighted by Crippen LogP contribution is 2.32. The summed E-state index contributed by atoms with van der Waals surface area (Å²) < 4.78 is 0. The lowest BCUT2D eigenvalue weighted by Crippen LogP contribution is -2.14. The molecule has 1 atom stereocenters. The Bertz CT molecular complexity index is 144. The highest BCUT2D eigenvalue weighted by atomic mass is 14.2. The molecule has 0 rings (SSSR count). The first-order valence-electron chi connectivity index (χ1n) is 6.68. The van der Waals surface area contributed by atoms with Crippen LogP contribution in [0.2, 0.25) is 0 Å². The second-order valence-electron chi connectivity index (χ2n) is 6.23. The van der Waals surface area contributed by atoms with Crippen molar-refractivity contribution in [3.8, 4) is 0 Å². The normalized spacial score (nSPS) is 14.6. The van der Waals surface area contributed by atoms with Crippen LogP contribution in [-0.2, 0) is 0 Å². The molecule has 0 aliphatic rings. The third-order valence-electron chi connectivity index (χ3n) is 3.77. The van der Waals surface area contributed by atoms with E-state index in [0.29, 0.717) is 5.41 Å². The highest BCUT2D eigenvalue weighted by molar-refractivity contribution is 4.71. The topological polar surface area (TPSA) is 0 Å². The lowest BCUT2D eigenvalue weighted by Gasteiger charge is -2.27. The van der Waals surface area contributed by atoms with Gasteiger partial charge in [0.15, 0.2) is 0 Å². The molecular weight excluding hydrogens is 180 g/mol. The van der Waals surface area contributed by atoms with E-state index in [9.17, 15) is 0 Å². The van der Waals surface area contributed by atoms with Crippen molar-refractivity contribution in [3.05, 3.63) is 6.92 Å². The van der Waals surface area contributed by atoms with Gasteiger partial charge in [0, 0.05) is 0 Å². The molecule has 0 saturated heterocycles. The maximum atomic E-state index is 3.90. The van der Waals surface area contributed by atoms with Crippen molar-refractivity contribution >= 4 is 0 Å². The quantitative estimate of drug-likeness (QED) is 0.466. The Hall–Kier alpha value is 0. The second-order valence-corrected chi connectivity index (χ2v) is 6.23. The molecule has 0 amide bonds. The van der Waals surface area contributed by atoms with Crippen molar-refractivity contribution < 1.29 is 0 Å². The predicted molar refractivity (Wildman–Crippen MR) is 70.8 cm³/mol. The van der Waals surface area contributed by atoms with Crippen LogP contribution in [0.15, 0.2) is 0 Å². The minimum Gasteiger partial charge on any atom is -0.0625 e. The molecule has 0 bridgehead atoms. The van der Waals surface area contributed by atoms with Gasteiger partial charge in [0.05, 0.1) is 0 Å². The van der Waals surface area contributed by atoms with E-state index in [1.165, 1.54) is 32.1 Å². The van der Waals surface area contributed by atoms with E-state index in [-0.39, 0.29) is 0 Å². The van der Waals surface area contributed by atoms with Crippen molar-refractivity contribution in [2.45, 2.75) is 73.1 Å². The van der Waals surface area contributed by atoms with E-state index in [1.807, 2.05) is 0 Å². The van der Waals surface area contributed by atoms with Gasteiger partial charge in [0.2, 0.25) is 0 Å². The van der Waals surface area contributed by atoms with Gasteiger partial charge in [-0.15, -0.1) is 0 Å². The van der Waals surface area contributed by atoms with Crippen LogP contribution in [0.3, 0.4) is 0 Å². The van der Waals surface area contributed by atoms with Gasteiger partial charge in [-0.3, -0.25) is 0 Å². The SMILES string of the molecule is [CH2]CCCCC(C)(C)CCC(C)C(C)C. The maximum Gasteiger partial charge on any atom is -0.0354 e. The monoisotopic (exact) mass is 211 g/mol. The molecule has 1 radical (unpaired) electrons. The van der Waals surface area contributed by atoms with Crippen molar-refractivity contribution in [1.82, 2.24) is 0 Å². The highest BCUT2D eigenvalue weighted by Gasteiger charge is 2.19. The molecule has 0 spiro atoms. The Morgan fingerprint density at radius 3 is 2.07 bits per heavy atom. The third kappa shape index (κ3) is 7.88. The molecule has 0 heteroatoms. The van der Waals surface area contributed by atoms with Crippen molar-refractivity contribution in [3.63, 3.8) is 0 Å². The van der Waals surface area contributed by atoms with Crippen LogP contribution >= 0.6 is 0 Å². The lowest BCUT2D eigenvalue weighted by atomic mass is 9.79. The molecule has 0 aliphatic carbocycles. The molecule has 0 aromatic rings. The summed E-state index contributed by atoms with van der Waals surface area (Å²) in [6.07, 6.45) is 7.88. The smallest absolute Gasteiger partial charge is 0.0354 e. The molecule has 0 nitrogen and oxygen atoms in total. The van der Waals surface area contributed by atoms with Crippen LogP contribution in [-0.4, -0.2) is 0 Å². The van der Waals surface area contributed by atoms with Gasteiger partial charge in [-0.05, 0) is 36.5 Å². The second kappa shape index (κ2) is 7.30. The van der Waals surface area contributed by atoms with E-state index < -0.39 is 0 Å². The Morgan fingerprint density at radius 2 is 1.60 bits per heavy atom. The van der Waals surface area contributed by atoms with Crippen LogP contribution in [0.25, 0.3) is 0 Å². The van der Waals surface area contributed by atoms with E-state index >= 15 is 0 Å². The summed E-state index contributed by atoms with van der Waals surface area (Å²) in [6.45, 7) is 15.8. The Balaban J connectivity index is 3.72. The zero-order valence-corrected chi connectivity index (χ0v) is 11.6. The molecule has 0 aromatic heterocycles. The van der Waals surface area contributed by atoms with Gasteiger partial charge in [0.25, 0.3) is 0 Å². The van der Waals surface area contributed by atoms with E-state index in [0.717, 1.165) is 18.3 Å². The van der Waals surface area contributed by atoms with Crippen LogP contribution < -0.4 is 0 Å². The molecule has 15 heavy (non-hydrogen) atoms. The predicted octanol–water partition coefficient (Wildman–Crippen LogP) is 5.48. The van der Waals surface area contributed by atoms with Crippen LogP contribution in [0.1, 0.15) is 73.1 Å². The number of rotatable bonds is 8. The van der Waals surface area contributed by atoms with Crippen LogP contribution in [0.4, 0.5) is 0 Å². The summed E-state index contributed by atoms with van der Waals surface area (Å²) in [5.41, 5.74) is 0.540. The number of hydrogen-bond donors (Lipinski definition) is 0. The zero-order valence-electron chi connectivity index (χ0n) is 11.6. The average molecular weight is 211 g/mol. The van der Waals surface area contributed by atoms with Gasteiger partial charge in [0.1, 0.15) is 0 Å². The summed E-state index contributed by atoms with van der Waals surface area (Å²) in [6, 6.07) is 0. The maximum absolute atomic E-state index is 3.90. The molecule has 0 aromatic carbocycles. The van der Waals surface area contributed by atoms with Gasteiger partial charge in [-0.25, -0.2) is 0 Å². The number of unbranched alkanes of at least 4 members (excludes halogenated alkanes) is 2. The molecule has 0 heterocycles. The van der Waals surface area contributed by atoms with Crippen LogP contribution in [0.5, 0.6) is 0 Å². The molecule has 1 unspecified atom stereocenters. The van der Waals surface area contributed by atoms with E-state index in [1.54, 1.807) is 0 Å². The Morgan fingerprint density at radius 1 is 1.00 bits per heavy atom. The average Bonchev–Trinajstić information content (AvgIpc) is 2.14. The molecule has 0 aliphatic heterocycles. The fraction of sp³-hybridized carbons (Fsp3) is 0.933. The molecule has 0 saturated carbocycles. The third-order valence-corrected chi connectivity index (χ3v) is 3.77. The van der Waals surface area contributed by atoms with Gasteiger partial charge in [-0.1, -0.05) is 60.8 Å². The summed E-state index contributed by atoms with van der Waals surface area (Å²) in [5, 5.41) is 0. The van der Waals surface area contributed by atoms with Gasteiger partial charge in [-0.2, -0.15) is 0 Å². The number of hydrogen-bond acceptors (Lipinski definition) is 0. The fourth-order valence-electron chi connectivity index (χ4n) is 1.86. The van der Waals surface area contributed by atoms with Crippen molar-refractivity contribution in [2.75, 3.05) is 0 Å². The lowest BCUT2D eigenvalue weighted by molar-refractivity contribution is 0.249. The first kappa shape index (κ1) is 15.0. The molecule has 0 fully saturated rings. The summed E-state index contributed by atoms with van der Waals surface area (Å²) in [7, 11) is 0. The molecule has 91 valence electrons. The van der Waals surface area contributed by atoms with E-state index in [4.69, 9.17) is 0 Å². The largest absolute Gasteiger partial charge is 0.0625 e. The first-order valence-corrected chi connectivity index (χ1v) is 6.68. The standard InChI is InChI=1S/C15H31/c1-7-8-9-11-15(5,6)12-10-14(4)13(2)3/h13-14H,1,7-12H2,2-6H3. The molecule has 0 N–H and O–H groups in total. The van der Waals surface area contributed by atoms with E-state index in [2.05, 4.69) is 41.5 Å². The van der Waals surface area contributed by atoms with Gasteiger partial charge < -0.3 is 0 Å². The first-order chi connectivity index (χ1) is 6.89. The Kier molecular flexibility index (Phi) is 7.30. The van der Waals surface area contributed by atoms with Gasteiger partial charge >= 0.3 is 0 Å². The molecular formula is C15H31. The summed E-state index contributed by atoms with van der Waals surface area (Å²) in [4.78, 5) is 0. The minimum absolute atomic E-state index is 0.540. The van der Waals surface area contributed by atoms with Crippen LogP contribution in [0, 0.1) is 24.2 Å². The summed E-state index contributed by atoms with van der Waals surface area (Å²) in [5.74, 6) is 1.71. The fourth-order valence-corrected chi connectivity index (χ4v) is 1.86. The summed E-state index contributed by atoms with van der Waals surface area (Å²) >= 11 is 0. The zero-order chi connectivity index (χ0) is 11.9. The Labute approximate surface area is 97.8 Å².